The van der Waals surface area contributed by atoms with E-state index in [1.165, 1.54) is 18.7 Å². The maximum Gasteiger partial charge on any atom is 0.333 e. The summed E-state index contributed by atoms with van der Waals surface area (Å²) in [6, 6.07) is 9.96. The number of aromatic nitrogens is 5. The summed E-state index contributed by atoms with van der Waals surface area (Å²) in [6.45, 7) is 5.50. The van der Waals surface area contributed by atoms with Crippen molar-refractivity contribution in [3.63, 3.8) is 0 Å². The number of rotatable bonds is 4. The summed E-state index contributed by atoms with van der Waals surface area (Å²) in [5.74, 6) is -0.100. The highest BCUT2D eigenvalue weighted by Crippen LogP contribution is 2.27. The van der Waals surface area contributed by atoms with Gasteiger partial charge in [-0.2, -0.15) is 4.98 Å². The zero-order valence-electron chi connectivity index (χ0n) is 17.5. The molecule has 3 heterocycles. The Hall–Kier alpha value is -3.62. The normalized spacial score (nSPS) is 12.6. The Bertz CT molecular complexity index is 1410. The molecule has 0 aliphatic heterocycles. The molecule has 0 saturated carbocycles. The average molecular weight is 409 g/mol. The summed E-state index contributed by atoms with van der Waals surface area (Å²) in [6.07, 6.45) is 0. The van der Waals surface area contributed by atoms with Gasteiger partial charge in [0.15, 0.2) is 11.2 Å². The summed E-state index contributed by atoms with van der Waals surface area (Å²) in [5.41, 5.74) is 2.25. The molecule has 0 spiro atoms. The number of carbonyl (C=O) groups excluding carboxylic acids is 1. The van der Waals surface area contributed by atoms with Crippen LogP contribution in [-0.2, 0) is 23.1 Å². The molecule has 0 aliphatic rings. The van der Waals surface area contributed by atoms with Crippen LogP contribution in [0.4, 0.5) is 0 Å². The van der Waals surface area contributed by atoms with Crippen LogP contribution in [0.25, 0.3) is 16.9 Å². The second-order valence-electron chi connectivity index (χ2n) is 7.36. The minimum atomic E-state index is -0.669. The number of carbonyl (C=O) groups is 1. The topological polar surface area (TPSA) is 92.5 Å². The second kappa shape index (κ2) is 7.01. The molecule has 9 nitrogen and oxygen atoms in total. The predicted octanol–water partition coefficient (Wildman–Crippen LogP) is 1.55. The van der Waals surface area contributed by atoms with Gasteiger partial charge < -0.3 is 9.30 Å². The van der Waals surface area contributed by atoms with Crippen molar-refractivity contribution in [2.45, 2.75) is 33.4 Å². The maximum absolute atomic E-state index is 13.2. The largest absolute Gasteiger partial charge is 0.468 e. The van der Waals surface area contributed by atoms with Crippen molar-refractivity contribution >= 4 is 22.9 Å². The molecule has 30 heavy (non-hydrogen) atoms. The van der Waals surface area contributed by atoms with Crippen LogP contribution in [0.5, 0.6) is 0 Å². The minimum Gasteiger partial charge on any atom is -0.468 e. The van der Waals surface area contributed by atoms with Gasteiger partial charge in [0, 0.05) is 18.4 Å². The first kappa shape index (κ1) is 19.7. The van der Waals surface area contributed by atoms with E-state index >= 15 is 0 Å². The fourth-order valence-corrected chi connectivity index (χ4v) is 3.95. The van der Waals surface area contributed by atoms with E-state index in [9.17, 15) is 14.4 Å². The van der Waals surface area contributed by atoms with E-state index < -0.39 is 23.8 Å². The standard InChI is InChI=1S/C21H23N5O4/c1-12-13(2)26-17-18(23(4)21(29)24(19(17)28)11-16(27)30-5)22-20(26)25(12)14(3)15-9-7-6-8-10-15/h6-10,14H,11H2,1-5H3/t14-/m0/s1. The van der Waals surface area contributed by atoms with Gasteiger partial charge in [0.05, 0.1) is 13.2 Å². The number of imidazole rings is 2. The molecule has 0 aliphatic carbocycles. The molecule has 4 aromatic rings. The monoisotopic (exact) mass is 409 g/mol. The highest BCUT2D eigenvalue weighted by atomic mass is 16.5. The first-order valence-corrected chi connectivity index (χ1v) is 9.59. The highest BCUT2D eigenvalue weighted by Gasteiger charge is 2.25. The number of aryl methyl sites for hydroxylation is 2. The van der Waals surface area contributed by atoms with E-state index in [-0.39, 0.29) is 17.2 Å². The molecule has 9 heteroatoms. The van der Waals surface area contributed by atoms with Gasteiger partial charge in [-0.15, -0.1) is 0 Å². The Labute approximate surface area is 171 Å². The number of esters is 1. The summed E-state index contributed by atoms with van der Waals surface area (Å²) >= 11 is 0. The van der Waals surface area contributed by atoms with Crippen LogP contribution in [0.3, 0.4) is 0 Å². The van der Waals surface area contributed by atoms with Crippen LogP contribution in [0.1, 0.15) is 29.9 Å². The first-order valence-electron chi connectivity index (χ1n) is 9.59. The molecule has 1 atom stereocenters. The van der Waals surface area contributed by atoms with E-state index in [0.717, 1.165) is 21.5 Å². The van der Waals surface area contributed by atoms with Crippen LogP contribution in [0, 0.1) is 13.8 Å². The Kier molecular flexibility index (Phi) is 4.60. The van der Waals surface area contributed by atoms with Gasteiger partial charge in [-0.25, -0.2) is 9.36 Å². The predicted molar refractivity (Wildman–Crippen MR) is 112 cm³/mol. The third-order valence-electron chi connectivity index (χ3n) is 5.74. The van der Waals surface area contributed by atoms with E-state index in [0.29, 0.717) is 5.78 Å². The smallest absolute Gasteiger partial charge is 0.333 e. The molecule has 1 aromatic carbocycles. The average Bonchev–Trinajstić information content (AvgIpc) is 3.25. The van der Waals surface area contributed by atoms with Crippen LogP contribution in [0.2, 0.25) is 0 Å². The number of ether oxygens (including phenoxy) is 1. The molecule has 0 radical (unpaired) electrons. The van der Waals surface area contributed by atoms with Crippen LogP contribution < -0.4 is 11.2 Å². The molecule has 4 rings (SSSR count). The number of nitrogens with zero attached hydrogens (tertiary/aromatic N) is 5. The van der Waals surface area contributed by atoms with Crippen molar-refractivity contribution < 1.29 is 9.53 Å². The first-order chi connectivity index (χ1) is 14.3. The van der Waals surface area contributed by atoms with Gasteiger partial charge in [-0.05, 0) is 26.3 Å². The summed E-state index contributed by atoms with van der Waals surface area (Å²) in [5, 5.41) is 0. The number of methoxy groups -OCH3 is 1. The minimum absolute atomic E-state index is 0.0338. The zero-order valence-corrected chi connectivity index (χ0v) is 17.5. The highest BCUT2D eigenvalue weighted by molar-refractivity contribution is 5.77. The Morgan fingerprint density at radius 3 is 2.43 bits per heavy atom. The van der Waals surface area contributed by atoms with E-state index in [1.807, 2.05) is 44.2 Å². The van der Waals surface area contributed by atoms with Crippen molar-refractivity contribution in [1.82, 2.24) is 23.1 Å². The molecule has 0 saturated heterocycles. The van der Waals surface area contributed by atoms with E-state index in [4.69, 9.17) is 0 Å². The summed E-state index contributed by atoms with van der Waals surface area (Å²) < 4.78 is 10.6. The fourth-order valence-electron chi connectivity index (χ4n) is 3.95. The van der Waals surface area contributed by atoms with Gasteiger partial charge in [0.1, 0.15) is 6.54 Å². The SMILES string of the molecule is COC(=O)Cn1c(=O)c2c(nc3n([C@@H](C)c4ccccc4)c(C)c(C)n23)n(C)c1=O. The number of hydrogen-bond donors (Lipinski definition) is 0. The molecular formula is C21H23N5O4. The molecule has 0 amide bonds. The third kappa shape index (κ3) is 2.69. The van der Waals surface area contributed by atoms with Crippen LogP contribution >= 0.6 is 0 Å². The lowest BCUT2D eigenvalue weighted by molar-refractivity contribution is -0.141. The van der Waals surface area contributed by atoms with Crippen LogP contribution in [-0.4, -0.2) is 36.2 Å². The van der Waals surface area contributed by atoms with Gasteiger partial charge >= 0.3 is 11.7 Å². The lowest BCUT2D eigenvalue weighted by Crippen LogP contribution is -2.41. The maximum atomic E-state index is 13.2. The quantitative estimate of drug-likeness (QED) is 0.477. The molecule has 0 unspecified atom stereocenters. The second-order valence-corrected chi connectivity index (χ2v) is 7.36. The van der Waals surface area contributed by atoms with E-state index in [2.05, 4.69) is 21.2 Å². The third-order valence-corrected chi connectivity index (χ3v) is 5.74. The molecule has 0 bridgehead atoms. The van der Waals surface area contributed by atoms with Gasteiger partial charge in [-0.1, -0.05) is 30.3 Å². The zero-order chi connectivity index (χ0) is 21.7. The van der Waals surface area contributed by atoms with E-state index in [1.54, 1.807) is 4.40 Å². The van der Waals surface area contributed by atoms with Crippen molar-refractivity contribution in [3.8, 4) is 0 Å². The van der Waals surface area contributed by atoms with Crippen molar-refractivity contribution in [2.75, 3.05) is 7.11 Å². The Morgan fingerprint density at radius 1 is 1.13 bits per heavy atom. The number of hydrogen-bond acceptors (Lipinski definition) is 5. The number of benzene rings is 1. The summed E-state index contributed by atoms with van der Waals surface area (Å²) in [7, 11) is 2.75. The molecule has 0 fully saturated rings. The molecule has 0 N–H and O–H groups in total. The van der Waals surface area contributed by atoms with Crippen molar-refractivity contribution in [3.05, 3.63) is 68.1 Å². The molecule has 3 aromatic heterocycles. The lowest BCUT2D eigenvalue weighted by atomic mass is 10.1. The molecular weight excluding hydrogens is 386 g/mol. The lowest BCUT2D eigenvalue weighted by Gasteiger charge is -2.16. The number of fused-ring (bicyclic) bond motifs is 3. The van der Waals surface area contributed by atoms with Crippen molar-refractivity contribution in [1.29, 1.82) is 0 Å². The summed E-state index contributed by atoms with van der Waals surface area (Å²) in [4.78, 5) is 42.3. The molecule has 156 valence electrons. The van der Waals surface area contributed by atoms with Gasteiger partial charge in [0.2, 0.25) is 5.78 Å². The van der Waals surface area contributed by atoms with Crippen molar-refractivity contribution in [2.24, 2.45) is 7.05 Å². The van der Waals surface area contributed by atoms with Gasteiger partial charge in [-0.3, -0.25) is 18.6 Å². The fraction of sp³-hybridized carbons (Fsp3) is 0.333. The van der Waals surface area contributed by atoms with Gasteiger partial charge in [0.25, 0.3) is 5.56 Å². The van der Waals surface area contributed by atoms with Crippen LogP contribution in [0.15, 0.2) is 39.9 Å². The Balaban J connectivity index is 2.08. The Morgan fingerprint density at radius 2 is 1.80 bits per heavy atom.